The number of aryl methyl sites for hydroxylation is 1. The molecule has 0 fully saturated rings. The number of hydrogen-bond donors (Lipinski definition) is 1. The Balaban J connectivity index is 2.92. The van der Waals surface area contributed by atoms with Crippen LogP contribution in [0.1, 0.15) is 15.9 Å². The van der Waals surface area contributed by atoms with Gasteiger partial charge in [-0.25, -0.2) is 0 Å². The number of hydrogen-bond acceptors (Lipinski definition) is 3. The number of phenolic OH excluding ortho intramolecular Hbond substituents is 1. The van der Waals surface area contributed by atoms with Crippen molar-refractivity contribution in [2.75, 3.05) is 0 Å². The topological polar surface area (TPSA) is 37.3 Å². The summed E-state index contributed by atoms with van der Waals surface area (Å²) < 4.78 is 1.07. The monoisotopic (exact) mass is 192 g/mol. The zero-order chi connectivity index (χ0) is 9.42. The zero-order valence-electron chi connectivity index (χ0n) is 7.07. The Morgan fingerprint density at radius 2 is 2.31 bits per heavy atom. The van der Waals surface area contributed by atoms with Crippen molar-refractivity contribution in [1.82, 2.24) is 0 Å². The normalized spacial score (nSPS) is 10.5. The van der Waals surface area contributed by atoms with E-state index in [9.17, 15) is 9.90 Å². The van der Waals surface area contributed by atoms with Gasteiger partial charge in [0.1, 0.15) is 5.75 Å². The maximum absolute atomic E-state index is 10.7. The smallest absolute Gasteiger partial charge is 0.154 e. The molecule has 2 rings (SSSR count). The molecule has 1 heterocycles. The number of aromatic hydroxyl groups is 1. The van der Waals surface area contributed by atoms with Gasteiger partial charge in [0.05, 0.1) is 5.56 Å². The Hall–Kier alpha value is -1.35. The Bertz CT molecular complexity index is 471. The number of fused-ring (bicyclic) bond motifs is 1. The number of benzene rings is 1. The van der Waals surface area contributed by atoms with Crippen molar-refractivity contribution < 1.29 is 9.90 Å². The van der Waals surface area contributed by atoms with Gasteiger partial charge in [0, 0.05) is 4.70 Å². The van der Waals surface area contributed by atoms with E-state index in [0.29, 0.717) is 11.8 Å². The molecule has 0 bridgehead atoms. The number of phenols is 1. The van der Waals surface area contributed by atoms with E-state index in [0.717, 1.165) is 15.6 Å². The average molecular weight is 192 g/mol. The highest BCUT2D eigenvalue weighted by molar-refractivity contribution is 7.17. The van der Waals surface area contributed by atoms with E-state index in [1.54, 1.807) is 17.4 Å². The number of rotatable bonds is 1. The quantitative estimate of drug-likeness (QED) is 0.705. The van der Waals surface area contributed by atoms with Gasteiger partial charge in [-0.05, 0) is 35.4 Å². The van der Waals surface area contributed by atoms with Crippen LogP contribution >= 0.6 is 11.3 Å². The first-order chi connectivity index (χ1) is 6.24. The first-order valence-corrected chi connectivity index (χ1v) is 4.77. The van der Waals surface area contributed by atoms with Crippen LogP contribution < -0.4 is 0 Å². The number of carbonyl (C=O) groups excluding carboxylic acids is 1. The van der Waals surface area contributed by atoms with Crippen molar-refractivity contribution in [2.24, 2.45) is 0 Å². The summed E-state index contributed by atoms with van der Waals surface area (Å²) in [5.41, 5.74) is 1.26. The standard InChI is InChI=1S/C10H8O2S/c1-6-8(5-11)9(12)4-7-2-3-13-10(6)7/h2-5,12H,1H3. The zero-order valence-corrected chi connectivity index (χ0v) is 7.89. The molecule has 0 aliphatic heterocycles. The molecule has 0 aliphatic carbocycles. The van der Waals surface area contributed by atoms with Crippen LogP contribution in [0.2, 0.25) is 0 Å². The van der Waals surface area contributed by atoms with E-state index in [-0.39, 0.29) is 5.75 Å². The minimum absolute atomic E-state index is 0.0680. The predicted octanol–water partition coefficient (Wildman–Crippen LogP) is 2.73. The van der Waals surface area contributed by atoms with Crippen molar-refractivity contribution >= 4 is 27.7 Å². The molecule has 13 heavy (non-hydrogen) atoms. The Morgan fingerprint density at radius 1 is 1.54 bits per heavy atom. The van der Waals surface area contributed by atoms with Crippen molar-refractivity contribution in [3.8, 4) is 5.75 Å². The molecule has 0 amide bonds. The molecule has 2 nitrogen and oxygen atoms in total. The van der Waals surface area contributed by atoms with Gasteiger partial charge in [-0.3, -0.25) is 4.79 Å². The summed E-state index contributed by atoms with van der Waals surface area (Å²) in [7, 11) is 0. The molecule has 0 aliphatic rings. The summed E-state index contributed by atoms with van der Waals surface area (Å²) in [6, 6.07) is 3.56. The molecular formula is C10H8O2S. The Labute approximate surface area is 79.4 Å². The molecule has 0 radical (unpaired) electrons. The summed E-state index contributed by atoms with van der Waals surface area (Å²) in [6.45, 7) is 1.85. The van der Waals surface area contributed by atoms with Gasteiger partial charge in [-0.1, -0.05) is 0 Å². The third-order valence-corrected chi connectivity index (χ3v) is 3.18. The van der Waals surface area contributed by atoms with Crippen molar-refractivity contribution in [1.29, 1.82) is 0 Å². The lowest BCUT2D eigenvalue weighted by Gasteiger charge is -2.02. The lowest BCUT2D eigenvalue weighted by atomic mass is 10.1. The largest absolute Gasteiger partial charge is 0.507 e. The molecule has 0 saturated carbocycles. The maximum Gasteiger partial charge on any atom is 0.154 e. The Kier molecular flexibility index (Phi) is 1.81. The van der Waals surface area contributed by atoms with Crippen LogP contribution in [0.4, 0.5) is 0 Å². The van der Waals surface area contributed by atoms with Gasteiger partial charge in [0.2, 0.25) is 0 Å². The van der Waals surface area contributed by atoms with Gasteiger partial charge in [-0.2, -0.15) is 0 Å². The highest BCUT2D eigenvalue weighted by Gasteiger charge is 2.09. The summed E-state index contributed by atoms with van der Waals surface area (Å²) in [5.74, 6) is 0.0680. The molecule has 0 spiro atoms. The van der Waals surface area contributed by atoms with E-state index in [2.05, 4.69) is 0 Å². The van der Waals surface area contributed by atoms with Crippen molar-refractivity contribution in [2.45, 2.75) is 6.92 Å². The van der Waals surface area contributed by atoms with Crippen LogP contribution in [0.3, 0.4) is 0 Å². The SMILES string of the molecule is Cc1c(C=O)c(O)cc2ccsc12. The van der Waals surface area contributed by atoms with Gasteiger partial charge in [-0.15, -0.1) is 11.3 Å². The summed E-state index contributed by atoms with van der Waals surface area (Å²) >= 11 is 1.58. The number of thiophene rings is 1. The summed E-state index contributed by atoms with van der Waals surface area (Å²) in [6.07, 6.45) is 0.698. The van der Waals surface area contributed by atoms with E-state index in [4.69, 9.17) is 0 Å². The molecule has 2 aromatic rings. The molecule has 3 heteroatoms. The van der Waals surface area contributed by atoms with E-state index in [1.165, 1.54) is 0 Å². The van der Waals surface area contributed by atoms with Crippen LogP contribution in [0, 0.1) is 6.92 Å². The van der Waals surface area contributed by atoms with Crippen LogP contribution in [0.25, 0.3) is 10.1 Å². The maximum atomic E-state index is 10.7. The van der Waals surface area contributed by atoms with Crippen LogP contribution in [0.15, 0.2) is 17.5 Å². The third-order valence-electron chi connectivity index (χ3n) is 2.13. The third kappa shape index (κ3) is 1.12. The van der Waals surface area contributed by atoms with E-state index in [1.807, 2.05) is 18.4 Å². The van der Waals surface area contributed by atoms with Crippen LogP contribution in [0.5, 0.6) is 5.75 Å². The lowest BCUT2D eigenvalue weighted by Crippen LogP contribution is -1.86. The van der Waals surface area contributed by atoms with Crippen LogP contribution in [-0.4, -0.2) is 11.4 Å². The summed E-state index contributed by atoms with van der Waals surface area (Å²) in [4.78, 5) is 10.7. The van der Waals surface area contributed by atoms with Crippen LogP contribution in [-0.2, 0) is 0 Å². The minimum Gasteiger partial charge on any atom is -0.507 e. The second-order valence-electron chi connectivity index (χ2n) is 2.89. The van der Waals surface area contributed by atoms with Gasteiger partial charge >= 0.3 is 0 Å². The fourth-order valence-corrected chi connectivity index (χ4v) is 2.33. The van der Waals surface area contributed by atoms with Crippen molar-refractivity contribution in [3.63, 3.8) is 0 Å². The Morgan fingerprint density at radius 3 is 3.00 bits per heavy atom. The number of aldehydes is 1. The van der Waals surface area contributed by atoms with Crippen molar-refractivity contribution in [3.05, 3.63) is 28.6 Å². The van der Waals surface area contributed by atoms with Gasteiger partial charge in [0.25, 0.3) is 0 Å². The number of carbonyl (C=O) groups is 1. The molecule has 1 aromatic carbocycles. The second kappa shape index (κ2) is 2.85. The predicted molar refractivity (Wildman–Crippen MR) is 53.6 cm³/mol. The fraction of sp³-hybridized carbons (Fsp3) is 0.100. The highest BCUT2D eigenvalue weighted by Crippen LogP contribution is 2.31. The molecule has 66 valence electrons. The molecule has 0 saturated heterocycles. The minimum atomic E-state index is 0.0680. The highest BCUT2D eigenvalue weighted by atomic mass is 32.1. The lowest BCUT2D eigenvalue weighted by molar-refractivity contribution is 0.112. The average Bonchev–Trinajstić information content (AvgIpc) is 2.53. The first-order valence-electron chi connectivity index (χ1n) is 3.89. The van der Waals surface area contributed by atoms with Gasteiger partial charge in [0.15, 0.2) is 6.29 Å². The molecule has 0 unspecified atom stereocenters. The molecular weight excluding hydrogens is 184 g/mol. The fourth-order valence-electron chi connectivity index (χ4n) is 1.43. The molecule has 0 atom stereocenters. The van der Waals surface area contributed by atoms with E-state index >= 15 is 0 Å². The molecule has 1 N–H and O–H groups in total. The van der Waals surface area contributed by atoms with E-state index < -0.39 is 0 Å². The first kappa shape index (κ1) is 8.26. The van der Waals surface area contributed by atoms with Gasteiger partial charge < -0.3 is 5.11 Å². The molecule has 1 aromatic heterocycles. The summed E-state index contributed by atoms with van der Waals surface area (Å²) in [5, 5.41) is 12.4. The second-order valence-corrected chi connectivity index (χ2v) is 3.81.